The Labute approximate surface area is 212 Å². The quantitative estimate of drug-likeness (QED) is 0.488. The Kier molecular flexibility index (Phi) is 6.98. The molecule has 5 rings (SSSR count). The predicted molar refractivity (Wildman–Crippen MR) is 133 cm³/mol. The molecule has 1 aromatic carbocycles. The van der Waals surface area contributed by atoms with Crippen LogP contribution in [0.3, 0.4) is 0 Å². The van der Waals surface area contributed by atoms with E-state index in [4.69, 9.17) is 4.74 Å². The van der Waals surface area contributed by atoms with Gasteiger partial charge in [-0.05, 0) is 59.5 Å². The van der Waals surface area contributed by atoms with Crippen molar-refractivity contribution in [3.63, 3.8) is 0 Å². The van der Waals surface area contributed by atoms with Crippen molar-refractivity contribution in [1.82, 2.24) is 15.1 Å². The number of carbonyl (C=O) groups excluding carboxylic acids is 2. The number of aliphatic hydroxyl groups excluding tert-OH is 1. The molecular formula is C25H30BrFN4O4. The lowest BCUT2D eigenvalue weighted by Gasteiger charge is -2.31. The molecule has 3 N–H and O–H groups in total. The second-order valence-electron chi connectivity index (χ2n) is 9.64. The summed E-state index contributed by atoms with van der Waals surface area (Å²) >= 11 is 3.31. The van der Waals surface area contributed by atoms with Crippen LogP contribution in [0.25, 0.3) is 5.57 Å². The molecule has 0 saturated carbocycles. The Morgan fingerprint density at radius 1 is 1.26 bits per heavy atom. The van der Waals surface area contributed by atoms with Crippen molar-refractivity contribution in [2.24, 2.45) is 5.92 Å². The van der Waals surface area contributed by atoms with Crippen LogP contribution >= 0.6 is 15.9 Å². The first-order valence-electron chi connectivity index (χ1n) is 12.1. The molecule has 4 aliphatic rings. The molecule has 2 fully saturated rings. The van der Waals surface area contributed by atoms with Crippen molar-refractivity contribution in [1.29, 1.82) is 0 Å². The summed E-state index contributed by atoms with van der Waals surface area (Å²) in [5.41, 5.74) is 2.99. The van der Waals surface area contributed by atoms with Crippen LogP contribution in [-0.2, 0) is 14.3 Å². The van der Waals surface area contributed by atoms with Gasteiger partial charge in [0.1, 0.15) is 5.82 Å². The number of rotatable bonds is 5. The number of fused-ring (bicyclic) bond motifs is 2. The van der Waals surface area contributed by atoms with Crippen LogP contribution in [0.15, 0.2) is 34.0 Å². The lowest BCUT2D eigenvalue weighted by atomic mass is 9.92. The molecule has 8 nitrogen and oxygen atoms in total. The maximum atomic E-state index is 14.0. The molecule has 4 aliphatic heterocycles. The van der Waals surface area contributed by atoms with Crippen molar-refractivity contribution in [2.75, 3.05) is 51.3 Å². The highest BCUT2D eigenvalue weighted by Gasteiger charge is 2.41. The molecule has 188 valence electrons. The van der Waals surface area contributed by atoms with E-state index in [1.807, 2.05) is 6.92 Å². The number of likely N-dealkylation sites (tertiary alicyclic amines) is 1. The molecule has 2 saturated heterocycles. The van der Waals surface area contributed by atoms with Crippen molar-refractivity contribution in [3.8, 4) is 0 Å². The third-order valence-electron chi connectivity index (χ3n) is 7.28. The lowest BCUT2D eigenvalue weighted by molar-refractivity contribution is -0.135. The third kappa shape index (κ3) is 4.89. The van der Waals surface area contributed by atoms with Gasteiger partial charge in [-0.25, -0.2) is 4.39 Å². The fourth-order valence-corrected chi connectivity index (χ4v) is 6.04. The van der Waals surface area contributed by atoms with Gasteiger partial charge in [-0.2, -0.15) is 0 Å². The zero-order valence-electron chi connectivity index (χ0n) is 19.7. The average molecular weight is 549 g/mol. The SMILES string of the molecule is CC1=C(/C=C2\C(=O)Nc3c(Br)cc(F)cc32)NC2CCCN(C[C@@H](O)CN3CCOCC3)C(=O)C12. The zero-order valence-corrected chi connectivity index (χ0v) is 21.2. The number of morpholine rings is 1. The van der Waals surface area contributed by atoms with Gasteiger partial charge < -0.3 is 25.4 Å². The fraction of sp³-hybridized carbons (Fsp3) is 0.520. The van der Waals surface area contributed by atoms with Gasteiger partial charge in [0, 0.05) is 54.5 Å². The minimum atomic E-state index is -0.624. The Morgan fingerprint density at radius 2 is 2.03 bits per heavy atom. The van der Waals surface area contributed by atoms with Gasteiger partial charge in [-0.3, -0.25) is 14.5 Å². The van der Waals surface area contributed by atoms with Crippen LogP contribution in [0.5, 0.6) is 0 Å². The number of carbonyl (C=O) groups is 2. The van der Waals surface area contributed by atoms with Gasteiger partial charge in [0.25, 0.3) is 5.91 Å². The minimum absolute atomic E-state index is 0.00279. The van der Waals surface area contributed by atoms with Crippen LogP contribution in [0.1, 0.15) is 25.3 Å². The van der Waals surface area contributed by atoms with E-state index in [-0.39, 0.29) is 23.8 Å². The van der Waals surface area contributed by atoms with Gasteiger partial charge in [0.05, 0.1) is 36.5 Å². The van der Waals surface area contributed by atoms with E-state index in [0.717, 1.165) is 37.2 Å². The van der Waals surface area contributed by atoms with Crippen molar-refractivity contribution >= 4 is 39.0 Å². The first kappa shape index (κ1) is 24.4. The molecule has 2 unspecified atom stereocenters. The van der Waals surface area contributed by atoms with Crippen LogP contribution < -0.4 is 10.6 Å². The normalized spacial score (nSPS) is 27.0. The number of ether oxygens (including phenoxy) is 1. The van der Waals surface area contributed by atoms with E-state index in [1.54, 1.807) is 11.0 Å². The van der Waals surface area contributed by atoms with Gasteiger partial charge in [-0.15, -0.1) is 0 Å². The van der Waals surface area contributed by atoms with Gasteiger partial charge >= 0.3 is 0 Å². The van der Waals surface area contributed by atoms with E-state index in [1.165, 1.54) is 12.1 Å². The summed E-state index contributed by atoms with van der Waals surface area (Å²) in [5, 5.41) is 16.9. The average Bonchev–Trinajstić information content (AvgIpc) is 3.24. The highest BCUT2D eigenvalue weighted by Crippen LogP contribution is 2.40. The van der Waals surface area contributed by atoms with Crippen LogP contribution in [0.4, 0.5) is 10.1 Å². The summed E-state index contributed by atoms with van der Waals surface area (Å²) in [6, 6.07) is 2.59. The second-order valence-corrected chi connectivity index (χ2v) is 10.5. The number of halogens is 2. The van der Waals surface area contributed by atoms with E-state index in [9.17, 15) is 19.1 Å². The largest absolute Gasteiger partial charge is 0.390 e. The number of allylic oxidation sites excluding steroid dienone is 1. The van der Waals surface area contributed by atoms with E-state index in [0.29, 0.717) is 54.1 Å². The van der Waals surface area contributed by atoms with Crippen molar-refractivity contribution in [3.05, 3.63) is 45.3 Å². The number of hydrogen-bond donors (Lipinski definition) is 3. The van der Waals surface area contributed by atoms with E-state index < -0.39 is 11.9 Å². The number of anilines is 1. The molecule has 0 aromatic heterocycles. The molecule has 0 bridgehead atoms. The zero-order chi connectivity index (χ0) is 24.7. The molecular weight excluding hydrogens is 519 g/mol. The number of β-amino-alcohol motifs (C(OH)–C–C–N with tert-alkyl or cyclic N) is 1. The summed E-state index contributed by atoms with van der Waals surface area (Å²) in [5.74, 6) is -1.10. The van der Waals surface area contributed by atoms with E-state index in [2.05, 4.69) is 31.5 Å². The number of amides is 2. The maximum Gasteiger partial charge on any atom is 0.256 e. The number of hydrogen-bond acceptors (Lipinski definition) is 6. The number of aliphatic hydroxyl groups is 1. The van der Waals surface area contributed by atoms with Gasteiger partial charge in [0.2, 0.25) is 5.91 Å². The molecule has 0 aliphatic carbocycles. The molecule has 10 heteroatoms. The second kappa shape index (κ2) is 10.0. The number of nitrogens with zero attached hydrogens (tertiary/aromatic N) is 2. The fourth-order valence-electron chi connectivity index (χ4n) is 5.51. The Hall–Kier alpha value is -2.27. The summed E-state index contributed by atoms with van der Waals surface area (Å²) in [6.45, 7) is 6.25. The summed E-state index contributed by atoms with van der Waals surface area (Å²) in [7, 11) is 0. The first-order chi connectivity index (χ1) is 16.8. The summed E-state index contributed by atoms with van der Waals surface area (Å²) in [6.07, 6.45) is 2.73. The Bertz CT molecular complexity index is 1100. The monoisotopic (exact) mass is 548 g/mol. The summed E-state index contributed by atoms with van der Waals surface area (Å²) in [4.78, 5) is 30.2. The number of nitrogens with one attached hydrogen (secondary N) is 2. The standard InChI is InChI=1S/C25H30BrFN4O4/c1-14-21(11-18-17-9-15(27)10-19(26)23(17)29-24(18)33)28-20-3-2-4-31(25(34)22(14)20)13-16(32)12-30-5-7-35-8-6-30/h9-11,16,20,22,28,32H,2-8,12-13H2,1H3,(H,29,33)/b18-11-/t16-,20?,22?/m0/s1. The highest BCUT2D eigenvalue weighted by atomic mass is 79.9. The topological polar surface area (TPSA) is 94.1 Å². The van der Waals surface area contributed by atoms with Gasteiger partial charge in [0.15, 0.2) is 0 Å². The maximum absolute atomic E-state index is 14.0. The molecule has 4 heterocycles. The molecule has 1 aromatic rings. The first-order valence-corrected chi connectivity index (χ1v) is 12.9. The summed E-state index contributed by atoms with van der Waals surface area (Å²) < 4.78 is 19.9. The van der Waals surface area contributed by atoms with Crippen molar-refractivity contribution < 1.29 is 23.8 Å². The van der Waals surface area contributed by atoms with Crippen LogP contribution in [-0.4, -0.2) is 84.8 Å². The predicted octanol–water partition coefficient (Wildman–Crippen LogP) is 2.10. The highest BCUT2D eigenvalue weighted by molar-refractivity contribution is 9.10. The molecule has 0 spiro atoms. The lowest BCUT2D eigenvalue weighted by Crippen LogP contribution is -2.47. The van der Waals surface area contributed by atoms with Crippen LogP contribution in [0.2, 0.25) is 0 Å². The Morgan fingerprint density at radius 3 is 2.80 bits per heavy atom. The molecule has 0 radical (unpaired) electrons. The van der Waals surface area contributed by atoms with E-state index >= 15 is 0 Å². The van der Waals surface area contributed by atoms with Gasteiger partial charge in [-0.1, -0.05) is 0 Å². The smallest absolute Gasteiger partial charge is 0.256 e. The Balaban J connectivity index is 1.35. The third-order valence-corrected chi connectivity index (χ3v) is 7.90. The molecule has 35 heavy (non-hydrogen) atoms. The minimum Gasteiger partial charge on any atom is -0.390 e. The number of benzene rings is 1. The molecule has 3 atom stereocenters. The van der Waals surface area contributed by atoms with Crippen LogP contribution in [0, 0.1) is 11.7 Å². The molecule has 2 amide bonds. The van der Waals surface area contributed by atoms with Crippen molar-refractivity contribution in [2.45, 2.75) is 31.9 Å².